The molecule has 1 aliphatic rings. The van der Waals surface area contributed by atoms with Crippen LogP contribution in [0.2, 0.25) is 0 Å². The number of esters is 1. The highest BCUT2D eigenvalue weighted by Crippen LogP contribution is 2.45. The number of anilines is 1. The number of rotatable bonds is 5. The Kier molecular flexibility index (Phi) is 6.16. The number of hydrogen-bond donors (Lipinski definition) is 1. The summed E-state index contributed by atoms with van der Waals surface area (Å²) in [7, 11) is 0. The molecule has 2 aromatic rings. The van der Waals surface area contributed by atoms with E-state index >= 15 is 0 Å². The minimum Gasteiger partial charge on any atom is -0.452 e. The van der Waals surface area contributed by atoms with Gasteiger partial charge < -0.3 is 10.1 Å². The van der Waals surface area contributed by atoms with Crippen molar-refractivity contribution in [2.24, 2.45) is 0 Å². The number of thioether (sulfide) groups is 2. The average Bonchev–Trinajstić information content (AvgIpc) is 3.17. The van der Waals surface area contributed by atoms with Crippen molar-refractivity contribution in [3.8, 4) is 0 Å². The molecule has 0 unspecified atom stereocenters. The van der Waals surface area contributed by atoms with E-state index in [2.05, 4.69) is 5.32 Å². The molecule has 0 atom stereocenters. The maximum atomic E-state index is 13.5. The molecule has 1 N–H and O–H groups in total. The number of amides is 1. The van der Waals surface area contributed by atoms with E-state index in [-0.39, 0.29) is 5.69 Å². The van der Waals surface area contributed by atoms with Gasteiger partial charge in [-0.3, -0.25) is 4.79 Å². The van der Waals surface area contributed by atoms with Crippen LogP contribution < -0.4 is 5.32 Å². The van der Waals surface area contributed by atoms with E-state index in [0.717, 1.165) is 29.2 Å². The van der Waals surface area contributed by atoms with Gasteiger partial charge in [-0.15, -0.1) is 23.5 Å². The molecule has 2 aromatic carbocycles. The molecule has 0 saturated carbocycles. The minimum atomic E-state index is -0.900. The van der Waals surface area contributed by atoms with E-state index < -0.39 is 30.1 Å². The molecule has 1 saturated heterocycles. The first-order valence-electron chi connectivity index (χ1n) is 7.78. The van der Waals surface area contributed by atoms with Crippen molar-refractivity contribution in [2.45, 2.75) is 4.58 Å². The summed E-state index contributed by atoms with van der Waals surface area (Å²) in [6.45, 7) is -0.564. The Hall–Kier alpha value is -2.06. The van der Waals surface area contributed by atoms with Crippen LogP contribution in [0.3, 0.4) is 0 Å². The van der Waals surface area contributed by atoms with Crippen LogP contribution in [-0.4, -0.2) is 30.0 Å². The molecule has 1 fully saturated rings. The van der Waals surface area contributed by atoms with E-state index in [1.54, 1.807) is 12.1 Å². The van der Waals surface area contributed by atoms with Crippen molar-refractivity contribution in [3.05, 3.63) is 65.2 Å². The highest BCUT2D eigenvalue weighted by molar-refractivity contribution is 8.19. The van der Waals surface area contributed by atoms with Crippen LogP contribution in [0.25, 0.3) is 0 Å². The van der Waals surface area contributed by atoms with Crippen LogP contribution in [-0.2, 0) is 9.53 Å². The van der Waals surface area contributed by atoms with Gasteiger partial charge in [0, 0.05) is 17.6 Å². The molecule has 0 aliphatic carbocycles. The fourth-order valence-electron chi connectivity index (χ4n) is 2.32. The Balaban J connectivity index is 1.52. The number of carbonyl (C=O) groups is 2. The van der Waals surface area contributed by atoms with Gasteiger partial charge in [0.1, 0.15) is 11.6 Å². The van der Waals surface area contributed by atoms with Crippen molar-refractivity contribution >= 4 is 41.1 Å². The highest BCUT2D eigenvalue weighted by atomic mass is 32.2. The molecular weight excluding hydrogens is 380 g/mol. The molecule has 0 bridgehead atoms. The van der Waals surface area contributed by atoms with E-state index in [1.165, 1.54) is 0 Å². The van der Waals surface area contributed by atoms with Gasteiger partial charge in [-0.1, -0.05) is 12.1 Å². The van der Waals surface area contributed by atoms with Crippen molar-refractivity contribution in [1.29, 1.82) is 0 Å². The predicted octanol–water partition coefficient (Wildman–Crippen LogP) is 4.24. The van der Waals surface area contributed by atoms with Crippen molar-refractivity contribution in [2.75, 3.05) is 23.4 Å². The van der Waals surface area contributed by atoms with Gasteiger partial charge in [0.25, 0.3) is 5.91 Å². The van der Waals surface area contributed by atoms with Crippen LogP contribution in [0, 0.1) is 11.6 Å². The molecule has 0 aromatic heterocycles. The van der Waals surface area contributed by atoms with Gasteiger partial charge in [-0.2, -0.15) is 0 Å². The molecule has 1 aliphatic heterocycles. The summed E-state index contributed by atoms with van der Waals surface area (Å²) in [4.78, 5) is 23.8. The lowest BCUT2D eigenvalue weighted by atomic mass is 10.1. The van der Waals surface area contributed by atoms with E-state index in [9.17, 15) is 18.4 Å². The number of nitrogens with one attached hydrogen (secondary N) is 1. The molecule has 26 heavy (non-hydrogen) atoms. The zero-order chi connectivity index (χ0) is 18.5. The van der Waals surface area contributed by atoms with Crippen molar-refractivity contribution in [1.82, 2.24) is 0 Å². The molecule has 0 radical (unpaired) electrons. The Morgan fingerprint density at radius 2 is 1.77 bits per heavy atom. The predicted molar refractivity (Wildman–Crippen MR) is 99.4 cm³/mol. The summed E-state index contributed by atoms with van der Waals surface area (Å²) >= 11 is 3.73. The zero-order valence-corrected chi connectivity index (χ0v) is 15.2. The topological polar surface area (TPSA) is 55.4 Å². The van der Waals surface area contributed by atoms with E-state index in [4.69, 9.17) is 4.74 Å². The summed E-state index contributed by atoms with van der Waals surface area (Å²) in [5, 5.41) is 2.23. The van der Waals surface area contributed by atoms with Crippen LogP contribution in [0.1, 0.15) is 20.5 Å². The molecule has 1 heterocycles. The first kappa shape index (κ1) is 18.7. The van der Waals surface area contributed by atoms with Crippen LogP contribution in [0.15, 0.2) is 42.5 Å². The second-order valence-electron chi connectivity index (χ2n) is 5.44. The number of hydrogen-bond acceptors (Lipinski definition) is 5. The minimum absolute atomic E-state index is 0.177. The van der Waals surface area contributed by atoms with Crippen LogP contribution >= 0.6 is 23.5 Å². The summed E-state index contributed by atoms with van der Waals surface area (Å²) in [6, 6.07) is 9.85. The third-order valence-corrected chi connectivity index (χ3v) is 6.68. The van der Waals surface area contributed by atoms with Crippen LogP contribution in [0.4, 0.5) is 14.5 Å². The third-order valence-electron chi connectivity index (χ3n) is 3.58. The Bertz CT molecular complexity index is 809. The smallest absolute Gasteiger partial charge is 0.338 e. The fourth-order valence-corrected chi connectivity index (χ4v) is 5.18. The number of halogens is 2. The molecule has 3 rings (SSSR count). The zero-order valence-electron chi connectivity index (χ0n) is 13.5. The SMILES string of the molecule is O=C(COC(=O)c1ccc(C2SCCS2)cc1)Nc1ccc(F)cc1F. The first-order valence-corrected chi connectivity index (χ1v) is 9.88. The average molecular weight is 395 g/mol. The van der Waals surface area contributed by atoms with Gasteiger partial charge >= 0.3 is 5.97 Å². The summed E-state index contributed by atoms with van der Waals surface area (Å²) in [5.74, 6) is -0.767. The van der Waals surface area contributed by atoms with E-state index in [0.29, 0.717) is 16.2 Å². The van der Waals surface area contributed by atoms with Crippen molar-refractivity contribution in [3.63, 3.8) is 0 Å². The molecule has 136 valence electrons. The number of ether oxygens (including phenoxy) is 1. The van der Waals surface area contributed by atoms with Crippen LogP contribution in [0.5, 0.6) is 0 Å². The highest BCUT2D eigenvalue weighted by Gasteiger charge is 2.19. The van der Waals surface area contributed by atoms with Gasteiger partial charge in [0.15, 0.2) is 6.61 Å². The molecule has 1 amide bonds. The quantitative estimate of drug-likeness (QED) is 0.768. The third kappa shape index (κ3) is 4.76. The van der Waals surface area contributed by atoms with Gasteiger partial charge in [0.05, 0.1) is 15.8 Å². The Morgan fingerprint density at radius 3 is 2.42 bits per heavy atom. The Labute approximate surface area is 157 Å². The molecule has 4 nitrogen and oxygen atoms in total. The molecule has 0 spiro atoms. The second kappa shape index (κ2) is 8.55. The fraction of sp³-hybridized carbons (Fsp3) is 0.222. The lowest BCUT2D eigenvalue weighted by molar-refractivity contribution is -0.119. The van der Waals surface area contributed by atoms with Gasteiger partial charge in [-0.25, -0.2) is 13.6 Å². The molecular formula is C18H15F2NO3S2. The standard InChI is InChI=1S/C18H15F2NO3S2/c19-13-5-6-15(14(20)9-13)21-16(22)10-24-17(23)11-1-3-12(4-2-11)18-25-7-8-26-18/h1-6,9,18H,7-8,10H2,(H,21,22). The maximum Gasteiger partial charge on any atom is 0.338 e. The van der Waals surface area contributed by atoms with Gasteiger partial charge in [-0.05, 0) is 29.8 Å². The second-order valence-corrected chi connectivity index (χ2v) is 8.17. The molecule has 8 heteroatoms. The summed E-state index contributed by atoms with van der Waals surface area (Å²) < 4.78 is 31.6. The largest absolute Gasteiger partial charge is 0.452 e. The lowest BCUT2D eigenvalue weighted by Gasteiger charge is -2.10. The Morgan fingerprint density at radius 1 is 1.08 bits per heavy atom. The summed E-state index contributed by atoms with van der Waals surface area (Å²) in [6.07, 6.45) is 0. The van der Waals surface area contributed by atoms with E-state index in [1.807, 2.05) is 35.7 Å². The monoisotopic (exact) mass is 395 g/mol. The number of carbonyl (C=O) groups excluding carboxylic acids is 2. The summed E-state index contributed by atoms with van der Waals surface area (Å²) in [5.41, 5.74) is 1.30. The lowest BCUT2D eigenvalue weighted by Crippen LogP contribution is -2.21. The number of benzene rings is 2. The maximum absolute atomic E-state index is 13.5. The van der Waals surface area contributed by atoms with Gasteiger partial charge in [0.2, 0.25) is 0 Å². The normalized spacial score (nSPS) is 14.2. The van der Waals surface area contributed by atoms with Crippen molar-refractivity contribution < 1.29 is 23.1 Å². The first-order chi connectivity index (χ1) is 12.5.